The average Bonchev–Trinajstić information content (AvgIpc) is 3.04. The lowest BCUT2D eigenvalue weighted by molar-refractivity contribution is -0.135. The van der Waals surface area contributed by atoms with Gasteiger partial charge in [-0.25, -0.2) is 4.68 Å². The molecule has 5 nitrogen and oxygen atoms in total. The summed E-state index contributed by atoms with van der Waals surface area (Å²) in [7, 11) is 0. The number of aromatic nitrogens is 2. The zero-order chi connectivity index (χ0) is 16.2. The fourth-order valence-corrected chi connectivity index (χ4v) is 3.37. The molecule has 1 aromatic heterocycles. The van der Waals surface area contributed by atoms with Crippen molar-refractivity contribution >= 4 is 5.91 Å². The molecule has 23 heavy (non-hydrogen) atoms. The number of carbonyl (C=O) groups is 1. The van der Waals surface area contributed by atoms with Crippen molar-refractivity contribution in [3.63, 3.8) is 0 Å². The SMILES string of the molecule is CC1CCCN(C(=O)Cc2cnn(-c3ccccc3)c2)C1CN. The summed E-state index contributed by atoms with van der Waals surface area (Å²) in [5.41, 5.74) is 7.82. The fraction of sp³-hybridized carbons (Fsp3) is 0.444. The maximum absolute atomic E-state index is 12.7. The van der Waals surface area contributed by atoms with Gasteiger partial charge in [0.05, 0.1) is 18.3 Å². The average molecular weight is 312 g/mol. The van der Waals surface area contributed by atoms with E-state index in [9.17, 15) is 4.79 Å². The summed E-state index contributed by atoms with van der Waals surface area (Å²) in [6.45, 7) is 3.54. The highest BCUT2D eigenvalue weighted by atomic mass is 16.2. The summed E-state index contributed by atoms with van der Waals surface area (Å²) in [6, 6.07) is 10.1. The number of rotatable bonds is 4. The molecule has 0 radical (unpaired) electrons. The van der Waals surface area contributed by atoms with Crippen LogP contribution < -0.4 is 5.73 Å². The summed E-state index contributed by atoms with van der Waals surface area (Å²) < 4.78 is 1.81. The number of benzene rings is 1. The minimum atomic E-state index is 0.152. The van der Waals surface area contributed by atoms with Crippen LogP contribution >= 0.6 is 0 Å². The molecule has 1 amide bonds. The highest BCUT2D eigenvalue weighted by molar-refractivity contribution is 5.79. The molecule has 0 spiro atoms. The van der Waals surface area contributed by atoms with Crippen LogP contribution in [0.25, 0.3) is 5.69 Å². The van der Waals surface area contributed by atoms with Crippen LogP contribution in [-0.2, 0) is 11.2 Å². The first kappa shape index (κ1) is 15.7. The van der Waals surface area contributed by atoms with E-state index in [0.29, 0.717) is 18.9 Å². The largest absolute Gasteiger partial charge is 0.338 e. The molecule has 2 atom stereocenters. The molecule has 1 aliphatic rings. The van der Waals surface area contributed by atoms with Crippen molar-refractivity contribution in [1.82, 2.24) is 14.7 Å². The Bertz CT molecular complexity index is 652. The number of hydrogen-bond donors (Lipinski definition) is 1. The molecule has 2 heterocycles. The Morgan fingerprint density at radius 1 is 1.35 bits per heavy atom. The van der Waals surface area contributed by atoms with E-state index < -0.39 is 0 Å². The van der Waals surface area contributed by atoms with Crippen molar-refractivity contribution in [3.05, 3.63) is 48.3 Å². The molecule has 1 aliphatic heterocycles. The van der Waals surface area contributed by atoms with Crippen LogP contribution in [0.15, 0.2) is 42.7 Å². The molecule has 0 saturated carbocycles. The number of para-hydroxylation sites is 1. The zero-order valence-electron chi connectivity index (χ0n) is 13.6. The first-order valence-corrected chi connectivity index (χ1v) is 8.27. The number of hydrogen-bond acceptors (Lipinski definition) is 3. The van der Waals surface area contributed by atoms with E-state index in [1.165, 1.54) is 0 Å². The van der Waals surface area contributed by atoms with E-state index in [1.54, 1.807) is 6.20 Å². The second kappa shape index (κ2) is 6.96. The summed E-state index contributed by atoms with van der Waals surface area (Å²) in [6.07, 6.45) is 6.30. The van der Waals surface area contributed by atoms with E-state index in [1.807, 2.05) is 46.1 Å². The maximum Gasteiger partial charge on any atom is 0.227 e. The molecule has 5 heteroatoms. The molecule has 2 unspecified atom stereocenters. The standard InChI is InChI=1S/C18H24N4O/c1-14-6-5-9-21(17(14)11-19)18(23)10-15-12-20-22(13-15)16-7-3-2-4-8-16/h2-4,7-8,12-14,17H,5-6,9-11,19H2,1H3. The summed E-state index contributed by atoms with van der Waals surface area (Å²) in [5, 5.41) is 4.36. The van der Waals surface area contributed by atoms with Gasteiger partial charge in [0.25, 0.3) is 0 Å². The van der Waals surface area contributed by atoms with Gasteiger partial charge in [-0.1, -0.05) is 25.1 Å². The molecule has 1 saturated heterocycles. The third-order valence-electron chi connectivity index (χ3n) is 4.69. The van der Waals surface area contributed by atoms with Crippen molar-refractivity contribution in [2.24, 2.45) is 11.7 Å². The van der Waals surface area contributed by atoms with Crippen LogP contribution in [0.4, 0.5) is 0 Å². The van der Waals surface area contributed by atoms with Crippen LogP contribution in [-0.4, -0.2) is 39.7 Å². The van der Waals surface area contributed by atoms with Crippen LogP contribution in [0.3, 0.4) is 0 Å². The summed E-state index contributed by atoms with van der Waals surface area (Å²) in [4.78, 5) is 14.6. The van der Waals surface area contributed by atoms with Crippen molar-refractivity contribution < 1.29 is 4.79 Å². The van der Waals surface area contributed by atoms with Gasteiger partial charge >= 0.3 is 0 Å². The minimum absolute atomic E-state index is 0.152. The molecule has 1 fully saturated rings. The number of carbonyl (C=O) groups excluding carboxylic acids is 1. The lowest BCUT2D eigenvalue weighted by atomic mass is 9.90. The third kappa shape index (κ3) is 3.45. The Hall–Kier alpha value is -2.14. The van der Waals surface area contributed by atoms with Crippen molar-refractivity contribution in [2.75, 3.05) is 13.1 Å². The van der Waals surface area contributed by atoms with Crippen LogP contribution in [0.2, 0.25) is 0 Å². The number of amides is 1. The van der Waals surface area contributed by atoms with Gasteiger partial charge in [-0.2, -0.15) is 5.10 Å². The first-order chi connectivity index (χ1) is 11.2. The molecular weight excluding hydrogens is 288 g/mol. The highest BCUT2D eigenvalue weighted by Gasteiger charge is 2.30. The van der Waals surface area contributed by atoms with Crippen LogP contribution in [0, 0.1) is 5.92 Å². The predicted octanol–water partition coefficient (Wildman–Crippen LogP) is 2.00. The lowest BCUT2D eigenvalue weighted by Crippen LogP contribution is -2.51. The van der Waals surface area contributed by atoms with Gasteiger partial charge in [-0.3, -0.25) is 4.79 Å². The quantitative estimate of drug-likeness (QED) is 0.939. The Morgan fingerprint density at radius 3 is 2.87 bits per heavy atom. The molecule has 2 aromatic rings. The summed E-state index contributed by atoms with van der Waals surface area (Å²) in [5.74, 6) is 0.629. The second-order valence-corrected chi connectivity index (χ2v) is 6.32. The molecule has 2 N–H and O–H groups in total. The van der Waals surface area contributed by atoms with Gasteiger partial charge in [-0.15, -0.1) is 0 Å². The molecule has 0 aliphatic carbocycles. The van der Waals surface area contributed by atoms with Crippen LogP contribution in [0.1, 0.15) is 25.3 Å². The van der Waals surface area contributed by atoms with Crippen molar-refractivity contribution in [3.8, 4) is 5.69 Å². The topological polar surface area (TPSA) is 64.2 Å². The minimum Gasteiger partial charge on any atom is -0.338 e. The Labute approximate surface area is 137 Å². The van der Waals surface area contributed by atoms with Gasteiger partial charge in [0, 0.05) is 25.3 Å². The highest BCUT2D eigenvalue weighted by Crippen LogP contribution is 2.23. The van der Waals surface area contributed by atoms with Gasteiger partial charge in [0.2, 0.25) is 5.91 Å². The van der Waals surface area contributed by atoms with Crippen LogP contribution in [0.5, 0.6) is 0 Å². The van der Waals surface area contributed by atoms with E-state index in [-0.39, 0.29) is 11.9 Å². The molecular formula is C18H24N4O. The summed E-state index contributed by atoms with van der Waals surface area (Å²) >= 11 is 0. The molecule has 1 aromatic carbocycles. The Kier molecular flexibility index (Phi) is 4.76. The van der Waals surface area contributed by atoms with E-state index >= 15 is 0 Å². The number of piperidine rings is 1. The third-order valence-corrected chi connectivity index (χ3v) is 4.69. The normalized spacial score (nSPS) is 21.4. The second-order valence-electron chi connectivity index (χ2n) is 6.32. The van der Waals surface area contributed by atoms with Crippen molar-refractivity contribution in [2.45, 2.75) is 32.2 Å². The number of likely N-dealkylation sites (tertiary alicyclic amines) is 1. The maximum atomic E-state index is 12.7. The molecule has 122 valence electrons. The lowest BCUT2D eigenvalue weighted by Gasteiger charge is -2.39. The van der Waals surface area contributed by atoms with E-state index in [2.05, 4.69) is 12.0 Å². The fourth-order valence-electron chi connectivity index (χ4n) is 3.37. The smallest absolute Gasteiger partial charge is 0.227 e. The predicted molar refractivity (Wildman–Crippen MR) is 90.2 cm³/mol. The molecule has 3 rings (SSSR count). The molecule has 0 bridgehead atoms. The van der Waals surface area contributed by atoms with Gasteiger partial charge in [-0.05, 0) is 36.5 Å². The van der Waals surface area contributed by atoms with Gasteiger partial charge in [0.15, 0.2) is 0 Å². The van der Waals surface area contributed by atoms with E-state index in [4.69, 9.17) is 5.73 Å². The Morgan fingerprint density at radius 2 is 2.13 bits per heavy atom. The van der Waals surface area contributed by atoms with E-state index in [0.717, 1.165) is 30.6 Å². The van der Waals surface area contributed by atoms with Gasteiger partial charge in [0.1, 0.15) is 0 Å². The first-order valence-electron chi connectivity index (χ1n) is 8.27. The van der Waals surface area contributed by atoms with Gasteiger partial charge < -0.3 is 10.6 Å². The monoisotopic (exact) mass is 312 g/mol. The Balaban J connectivity index is 1.69. The number of nitrogens with two attached hydrogens (primary N) is 1. The van der Waals surface area contributed by atoms with Crippen molar-refractivity contribution in [1.29, 1.82) is 0 Å². The zero-order valence-corrected chi connectivity index (χ0v) is 13.6. The number of nitrogens with zero attached hydrogens (tertiary/aromatic N) is 3.